The van der Waals surface area contributed by atoms with E-state index in [9.17, 15) is 0 Å². The Balaban J connectivity index is 2.13. The molecule has 1 heterocycles. The summed E-state index contributed by atoms with van der Waals surface area (Å²) in [5, 5.41) is 0.625. The maximum Gasteiger partial charge on any atom is 0.137 e. The topological polar surface area (TPSA) is 44.5 Å². The molecule has 3 nitrogen and oxygen atoms in total. The molecule has 0 amide bonds. The molecule has 0 spiro atoms. The number of benzene rings is 1. The van der Waals surface area contributed by atoms with Crippen LogP contribution >= 0.6 is 23.4 Å². The molecule has 5 heteroatoms. The first-order chi connectivity index (χ1) is 7.69. The van der Waals surface area contributed by atoms with E-state index in [-0.39, 0.29) is 4.75 Å². The molecule has 0 unspecified atom stereocenters. The second-order valence-corrected chi connectivity index (χ2v) is 5.73. The van der Waals surface area contributed by atoms with E-state index in [1.165, 1.54) is 0 Å². The predicted octanol–water partition coefficient (Wildman–Crippen LogP) is 2.17. The fourth-order valence-corrected chi connectivity index (χ4v) is 3.01. The fourth-order valence-electron chi connectivity index (χ4n) is 1.51. The number of nitrogens with two attached hydrogens (primary N) is 1. The van der Waals surface area contributed by atoms with Crippen molar-refractivity contribution in [1.82, 2.24) is 0 Å². The highest BCUT2D eigenvalue weighted by Gasteiger charge is 2.38. The first-order valence-electron chi connectivity index (χ1n) is 4.99. The van der Waals surface area contributed by atoms with Crippen molar-refractivity contribution in [3.8, 4) is 5.75 Å². The van der Waals surface area contributed by atoms with Crippen LogP contribution < -0.4 is 10.5 Å². The smallest absolute Gasteiger partial charge is 0.137 e. The third kappa shape index (κ3) is 2.30. The van der Waals surface area contributed by atoms with E-state index < -0.39 is 0 Å². The Morgan fingerprint density at radius 2 is 2.31 bits per heavy atom. The lowest BCUT2D eigenvalue weighted by Gasteiger charge is -2.39. The van der Waals surface area contributed by atoms with Gasteiger partial charge < -0.3 is 15.2 Å². The Kier molecular flexibility index (Phi) is 3.64. The number of ether oxygens (including phenoxy) is 2. The molecule has 1 aliphatic heterocycles. The monoisotopic (exact) mass is 259 g/mol. The molecule has 0 saturated carbocycles. The SMILES string of the molecule is COc1ccc(SC2(CN)COC2)cc1Cl. The van der Waals surface area contributed by atoms with Crippen molar-refractivity contribution in [2.45, 2.75) is 9.64 Å². The van der Waals surface area contributed by atoms with Crippen molar-refractivity contribution in [3.05, 3.63) is 23.2 Å². The summed E-state index contributed by atoms with van der Waals surface area (Å²) in [6.07, 6.45) is 0. The molecule has 2 rings (SSSR count). The van der Waals surface area contributed by atoms with Crippen molar-refractivity contribution < 1.29 is 9.47 Å². The zero-order valence-corrected chi connectivity index (χ0v) is 10.6. The molecule has 2 N–H and O–H groups in total. The maximum atomic E-state index is 6.06. The van der Waals surface area contributed by atoms with E-state index in [2.05, 4.69) is 0 Å². The lowest BCUT2D eigenvalue weighted by Crippen LogP contribution is -2.52. The minimum Gasteiger partial charge on any atom is -0.495 e. The molecule has 0 bridgehead atoms. The normalized spacial score (nSPS) is 17.9. The van der Waals surface area contributed by atoms with Gasteiger partial charge in [-0.25, -0.2) is 0 Å². The van der Waals surface area contributed by atoms with Crippen LogP contribution in [0, 0.1) is 0 Å². The average molecular weight is 260 g/mol. The summed E-state index contributed by atoms with van der Waals surface area (Å²) in [7, 11) is 1.61. The number of rotatable bonds is 4. The van der Waals surface area contributed by atoms with Crippen LogP contribution in [0.4, 0.5) is 0 Å². The highest BCUT2D eigenvalue weighted by molar-refractivity contribution is 8.00. The molecular formula is C11H14ClNO2S. The summed E-state index contributed by atoms with van der Waals surface area (Å²) in [5.74, 6) is 0.692. The zero-order valence-electron chi connectivity index (χ0n) is 9.03. The highest BCUT2D eigenvalue weighted by Crippen LogP contribution is 2.40. The second kappa shape index (κ2) is 4.84. The minimum absolute atomic E-state index is 0.0257. The molecule has 1 aromatic carbocycles. The van der Waals surface area contributed by atoms with Gasteiger partial charge in [0, 0.05) is 11.4 Å². The Morgan fingerprint density at radius 1 is 1.56 bits per heavy atom. The highest BCUT2D eigenvalue weighted by atomic mass is 35.5. The van der Waals surface area contributed by atoms with E-state index in [0.29, 0.717) is 30.5 Å². The van der Waals surface area contributed by atoms with Crippen LogP contribution in [0.15, 0.2) is 23.1 Å². The van der Waals surface area contributed by atoms with E-state index in [0.717, 1.165) is 4.90 Å². The van der Waals surface area contributed by atoms with E-state index in [1.54, 1.807) is 18.9 Å². The molecule has 1 saturated heterocycles. The molecule has 16 heavy (non-hydrogen) atoms. The summed E-state index contributed by atoms with van der Waals surface area (Å²) in [6, 6.07) is 5.76. The third-order valence-corrected chi connectivity index (χ3v) is 4.18. The van der Waals surface area contributed by atoms with Crippen LogP contribution in [0.3, 0.4) is 0 Å². The quantitative estimate of drug-likeness (QED) is 0.900. The van der Waals surface area contributed by atoms with Crippen molar-refractivity contribution in [2.75, 3.05) is 26.9 Å². The lowest BCUT2D eigenvalue weighted by atomic mass is 10.1. The van der Waals surface area contributed by atoms with Gasteiger partial charge in [-0.05, 0) is 18.2 Å². The summed E-state index contributed by atoms with van der Waals surface area (Å²) < 4.78 is 10.3. The van der Waals surface area contributed by atoms with Gasteiger partial charge >= 0.3 is 0 Å². The summed E-state index contributed by atoms with van der Waals surface area (Å²) in [5.41, 5.74) is 5.75. The summed E-state index contributed by atoms with van der Waals surface area (Å²) >= 11 is 7.78. The van der Waals surface area contributed by atoms with Crippen LogP contribution in [-0.4, -0.2) is 31.6 Å². The lowest BCUT2D eigenvalue weighted by molar-refractivity contribution is -0.00434. The Hall–Kier alpha value is -0.420. The fraction of sp³-hybridized carbons (Fsp3) is 0.455. The van der Waals surface area contributed by atoms with E-state index in [1.807, 2.05) is 18.2 Å². The molecule has 88 valence electrons. The first kappa shape index (κ1) is 12.0. The number of methoxy groups -OCH3 is 1. The Morgan fingerprint density at radius 3 is 2.75 bits per heavy atom. The number of hydrogen-bond acceptors (Lipinski definition) is 4. The van der Waals surface area contributed by atoms with Gasteiger partial charge in [0.15, 0.2) is 0 Å². The van der Waals surface area contributed by atoms with Gasteiger partial charge in [-0.1, -0.05) is 11.6 Å². The predicted molar refractivity (Wildman–Crippen MR) is 66.5 cm³/mol. The molecule has 1 fully saturated rings. The first-order valence-corrected chi connectivity index (χ1v) is 6.19. The van der Waals surface area contributed by atoms with Gasteiger partial charge in [0.2, 0.25) is 0 Å². The molecule has 0 aromatic heterocycles. The van der Waals surface area contributed by atoms with Crippen molar-refractivity contribution in [1.29, 1.82) is 0 Å². The van der Waals surface area contributed by atoms with Crippen molar-refractivity contribution in [2.24, 2.45) is 5.73 Å². The van der Waals surface area contributed by atoms with E-state index >= 15 is 0 Å². The van der Waals surface area contributed by atoms with Crippen LogP contribution in [0.2, 0.25) is 5.02 Å². The number of thioether (sulfide) groups is 1. The van der Waals surface area contributed by atoms with Crippen LogP contribution in [0.1, 0.15) is 0 Å². The van der Waals surface area contributed by atoms with E-state index in [4.69, 9.17) is 26.8 Å². The summed E-state index contributed by atoms with van der Waals surface area (Å²) in [4.78, 5) is 1.10. The van der Waals surface area contributed by atoms with Crippen LogP contribution in [-0.2, 0) is 4.74 Å². The Bertz CT molecular complexity index is 377. The molecule has 1 aliphatic rings. The van der Waals surface area contributed by atoms with Gasteiger partial charge in [-0.15, -0.1) is 11.8 Å². The van der Waals surface area contributed by atoms with Gasteiger partial charge in [0.05, 0.1) is 30.1 Å². The minimum atomic E-state index is 0.0257. The van der Waals surface area contributed by atoms with Crippen molar-refractivity contribution >= 4 is 23.4 Å². The largest absolute Gasteiger partial charge is 0.495 e. The zero-order chi connectivity index (χ0) is 11.6. The molecular weight excluding hydrogens is 246 g/mol. The number of halogens is 1. The van der Waals surface area contributed by atoms with Crippen LogP contribution in [0.25, 0.3) is 0 Å². The molecule has 1 aromatic rings. The standard InChI is InChI=1S/C11H14ClNO2S/c1-14-10-3-2-8(4-9(10)12)16-11(5-13)6-15-7-11/h2-4H,5-7,13H2,1H3. The number of hydrogen-bond donors (Lipinski definition) is 1. The van der Waals surface area contributed by atoms with Gasteiger partial charge in [0.25, 0.3) is 0 Å². The van der Waals surface area contributed by atoms with Crippen molar-refractivity contribution in [3.63, 3.8) is 0 Å². The molecule has 0 atom stereocenters. The van der Waals surface area contributed by atoms with Gasteiger partial charge in [0.1, 0.15) is 5.75 Å². The van der Waals surface area contributed by atoms with Gasteiger partial charge in [-0.2, -0.15) is 0 Å². The summed E-state index contributed by atoms with van der Waals surface area (Å²) in [6.45, 7) is 2.02. The van der Waals surface area contributed by atoms with Gasteiger partial charge in [-0.3, -0.25) is 0 Å². The average Bonchev–Trinajstić information content (AvgIpc) is 2.24. The molecule has 0 aliphatic carbocycles. The molecule has 0 radical (unpaired) electrons. The maximum absolute atomic E-state index is 6.06. The van der Waals surface area contributed by atoms with Crippen LogP contribution in [0.5, 0.6) is 5.75 Å². The Labute approximate surface area is 104 Å². The third-order valence-electron chi connectivity index (χ3n) is 2.56. The second-order valence-electron chi connectivity index (χ2n) is 3.78.